The average molecular weight is 425 g/mol. The van der Waals surface area contributed by atoms with Crippen LogP contribution in [0.2, 0.25) is 0 Å². The molecule has 1 atom stereocenters. The zero-order valence-corrected chi connectivity index (χ0v) is 17.0. The molecule has 29 heavy (non-hydrogen) atoms. The van der Waals surface area contributed by atoms with Gasteiger partial charge in [-0.2, -0.15) is 0 Å². The lowest BCUT2D eigenvalue weighted by molar-refractivity contribution is -0.385. The lowest BCUT2D eigenvalue weighted by Crippen LogP contribution is -2.43. The number of furan rings is 1. The highest BCUT2D eigenvalue weighted by Crippen LogP contribution is 2.29. The number of hydrogen-bond donors (Lipinski definition) is 1. The van der Waals surface area contributed by atoms with Crippen LogP contribution in [-0.4, -0.2) is 58.2 Å². The second-order valence-corrected chi connectivity index (χ2v) is 8.29. The average Bonchev–Trinajstić information content (AvgIpc) is 3.14. The molecule has 1 saturated heterocycles. The Hall–Kier alpha value is -2.47. The van der Waals surface area contributed by atoms with Crippen LogP contribution in [0.1, 0.15) is 17.6 Å². The number of aryl methyl sites for hydroxylation is 1. The highest BCUT2D eigenvalue weighted by molar-refractivity contribution is 7.89. The lowest BCUT2D eigenvalue weighted by atomic mass is 10.2. The Balaban J connectivity index is 1.83. The van der Waals surface area contributed by atoms with Crippen molar-refractivity contribution >= 4 is 15.7 Å². The summed E-state index contributed by atoms with van der Waals surface area (Å²) < 4.78 is 44.5. The Morgan fingerprint density at radius 2 is 2.00 bits per heavy atom. The van der Waals surface area contributed by atoms with E-state index in [0.717, 1.165) is 17.9 Å². The number of morpholine rings is 1. The first-order valence-electron chi connectivity index (χ1n) is 9.02. The topological polar surface area (TPSA) is 124 Å². The zero-order chi connectivity index (χ0) is 21.0. The van der Waals surface area contributed by atoms with Crippen molar-refractivity contribution < 1.29 is 27.2 Å². The van der Waals surface area contributed by atoms with Crippen LogP contribution in [0.5, 0.6) is 5.75 Å². The maximum Gasteiger partial charge on any atom is 0.273 e. The minimum Gasteiger partial charge on any atom is -0.495 e. The molecule has 0 aliphatic carbocycles. The van der Waals surface area contributed by atoms with Gasteiger partial charge in [0.05, 0.1) is 37.4 Å². The molecular weight excluding hydrogens is 402 g/mol. The van der Waals surface area contributed by atoms with E-state index in [4.69, 9.17) is 13.9 Å². The Morgan fingerprint density at radius 3 is 2.59 bits per heavy atom. The number of benzene rings is 1. The fourth-order valence-corrected chi connectivity index (χ4v) is 4.38. The van der Waals surface area contributed by atoms with Gasteiger partial charge in [0, 0.05) is 25.7 Å². The number of rotatable bonds is 8. The molecule has 1 aromatic carbocycles. The summed E-state index contributed by atoms with van der Waals surface area (Å²) in [6, 6.07) is 6.73. The summed E-state index contributed by atoms with van der Waals surface area (Å²) in [4.78, 5) is 12.3. The molecule has 0 saturated carbocycles. The summed E-state index contributed by atoms with van der Waals surface area (Å²) in [5, 5.41) is 10.9. The second kappa shape index (κ2) is 8.91. The number of hydrogen-bond acceptors (Lipinski definition) is 8. The molecule has 0 amide bonds. The van der Waals surface area contributed by atoms with Crippen LogP contribution in [0, 0.1) is 17.0 Å². The highest BCUT2D eigenvalue weighted by atomic mass is 32.2. The second-order valence-electron chi connectivity index (χ2n) is 6.56. The van der Waals surface area contributed by atoms with Gasteiger partial charge in [0.1, 0.15) is 22.2 Å². The molecule has 1 N–H and O–H groups in total. The number of methoxy groups -OCH3 is 1. The monoisotopic (exact) mass is 425 g/mol. The molecule has 11 heteroatoms. The van der Waals surface area contributed by atoms with Gasteiger partial charge in [0.15, 0.2) is 0 Å². The first kappa shape index (κ1) is 21.2. The molecule has 2 heterocycles. The smallest absolute Gasteiger partial charge is 0.273 e. The minimum atomic E-state index is -3.98. The van der Waals surface area contributed by atoms with Crippen molar-refractivity contribution in [1.29, 1.82) is 0 Å². The minimum absolute atomic E-state index is 0.0649. The van der Waals surface area contributed by atoms with Crippen molar-refractivity contribution in [2.75, 3.05) is 40.0 Å². The summed E-state index contributed by atoms with van der Waals surface area (Å²) in [5.74, 6) is 1.30. The van der Waals surface area contributed by atoms with E-state index in [1.54, 1.807) is 0 Å². The molecule has 1 aliphatic heterocycles. The number of nitrogens with one attached hydrogen (secondary N) is 1. The molecule has 1 unspecified atom stereocenters. The normalized spacial score (nSPS) is 16.5. The number of nitro benzene ring substituents is 1. The van der Waals surface area contributed by atoms with E-state index in [2.05, 4.69) is 9.62 Å². The third-order valence-corrected chi connectivity index (χ3v) is 6.15. The van der Waals surface area contributed by atoms with Gasteiger partial charge in [0.25, 0.3) is 5.69 Å². The third-order valence-electron chi connectivity index (χ3n) is 4.69. The van der Waals surface area contributed by atoms with Crippen LogP contribution in [0.25, 0.3) is 0 Å². The summed E-state index contributed by atoms with van der Waals surface area (Å²) in [6.45, 7) is 4.29. The van der Waals surface area contributed by atoms with Gasteiger partial charge in [-0.05, 0) is 25.1 Å². The predicted octanol–water partition coefficient (Wildman–Crippen LogP) is 1.86. The fourth-order valence-electron chi connectivity index (χ4n) is 3.19. The molecule has 2 aromatic rings. The molecule has 10 nitrogen and oxygen atoms in total. The fraction of sp³-hybridized carbons (Fsp3) is 0.444. The lowest BCUT2D eigenvalue weighted by Gasteiger charge is -2.33. The van der Waals surface area contributed by atoms with E-state index >= 15 is 0 Å². The van der Waals surface area contributed by atoms with Crippen LogP contribution < -0.4 is 9.46 Å². The van der Waals surface area contributed by atoms with Crippen LogP contribution >= 0.6 is 0 Å². The van der Waals surface area contributed by atoms with E-state index in [0.29, 0.717) is 32.1 Å². The molecular formula is C18H23N3O7S. The van der Waals surface area contributed by atoms with Crippen LogP contribution in [0.15, 0.2) is 39.6 Å². The molecule has 3 rings (SSSR count). The Labute approximate surface area is 168 Å². The molecule has 0 spiro atoms. The van der Waals surface area contributed by atoms with E-state index in [-0.39, 0.29) is 28.9 Å². The number of sulfonamides is 1. The number of ether oxygens (including phenoxy) is 2. The number of nitro groups is 1. The Kier molecular flexibility index (Phi) is 6.52. The molecule has 158 valence electrons. The molecule has 1 fully saturated rings. The predicted molar refractivity (Wildman–Crippen MR) is 103 cm³/mol. The summed E-state index contributed by atoms with van der Waals surface area (Å²) >= 11 is 0. The molecule has 0 radical (unpaired) electrons. The van der Waals surface area contributed by atoms with E-state index in [1.807, 2.05) is 19.1 Å². The van der Waals surface area contributed by atoms with E-state index in [1.165, 1.54) is 13.2 Å². The standard InChI is InChI=1S/C18H23N3O7S/c1-13-3-5-16(28-13)15(20-7-9-27-10-8-20)12-19-29(24,25)18-6-4-14(21(22)23)11-17(18)26-2/h3-6,11,15,19H,7-10,12H2,1-2H3. The summed E-state index contributed by atoms with van der Waals surface area (Å²) in [6.07, 6.45) is 0. The number of non-ortho nitro benzene ring substituents is 1. The maximum absolute atomic E-state index is 12.9. The third kappa shape index (κ3) is 4.93. The van der Waals surface area contributed by atoms with Gasteiger partial charge >= 0.3 is 0 Å². The van der Waals surface area contributed by atoms with Crippen LogP contribution in [0.4, 0.5) is 5.69 Å². The van der Waals surface area contributed by atoms with Gasteiger partial charge in [0.2, 0.25) is 10.0 Å². The zero-order valence-electron chi connectivity index (χ0n) is 16.2. The van der Waals surface area contributed by atoms with Crippen molar-refractivity contribution in [1.82, 2.24) is 9.62 Å². The van der Waals surface area contributed by atoms with E-state index < -0.39 is 14.9 Å². The van der Waals surface area contributed by atoms with Crippen LogP contribution in [0.3, 0.4) is 0 Å². The summed E-state index contributed by atoms with van der Waals surface area (Å²) in [7, 11) is -2.71. The van der Waals surface area contributed by atoms with Gasteiger partial charge < -0.3 is 13.9 Å². The largest absolute Gasteiger partial charge is 0.495 e. The molecule has 1 aromatic heterocycles. The van der Waals surface area contributed by atoms with Crippen molar-refractivity contribution in [2.24, 2.45) is 0 Å². The van der Waals surface area contributed by atoms with Crippen molar-refractivity contribution in [2.45, 2.75) is 17.9 Å². The van der Waals surface area contributed by atoms with Crippen LogP contribution in [-0.2, 0) is 14.8 Å². The first-order valence-corrected chi connectivity index (χ1v) is 10.5. The van der Waals surface area contributed by atoms with Crippen molar-refractivity contribution in [3.05, 3.63) is 52.0 Å². The number of nitrogens with zero attached hydrogens (tertiary/aromatic N) is 2. The Morgan fingerprint density at radius 1 is 1.28 bits per heavy atom. The molecule has 1 aliphatic rings. The maximum atomic E-state index is 12.9. The van der Waals surface area contributed by atoms with Gasteiger partial charge in [-0.15, -0.1) is 0 Å². The van der Waals surface area contributed by atoms with Gasteiger partial charge in [-0.3, -0.25) is 15.0 Å². The summed E-state index contributed by atoms with van der Waals surface area (Å²) in [5.41, 5.74) is -0.252. The molecule has 0 bridgehead atoms. The SMILES string of the molecule is COc1cc([N+](=O)[O-])ccc1S(=O)(=O)NCC(c1ccc(C)o1)N1CCOCC1. The van der Waals surface area contributed by atoms with Gasteiger partial charge in [-0.25, -0.2) is 13.1 Å². The van der Waals surface area contributed by atoms with Crippen molar-refractivity contribution in [3.63, 3.8) is 0 Å². The first-order chi connectivity index (χ1) is 13.8. The van der Waals surface area contributed by atoms with E-state index in [9.17, 15) is 18.5 Å². The quantitative estimate of drug-likeness (QED) is 0.502. The highest BCUT2D eigenvalue weighted by Gasteiger charge is 2.29. The van der Waals surface area contributed by atoms with Crippen molar-refractivity contribution in [3.8, 4) is 5.75 Å². The Bertz CT molecular complexity index is 968. The van der Waals surface area contributed by atoms with Gasteiger partial charge in [-0.1, -0.05) is 0 Å².